The lowest BCUT2D eigenvalue weighted by Crippen LogP contribution is -2.17. The summed E-state index contributed by atoms with van der Waals surface area (Å²) in [6.45, 7) is 0.724. The van der Waals surface area contributed by atoms with Crippen LogP contribution in [-0.4, -0.2) is 21.3 Å². The van der Waals surface area contributed by atoms with Gasteiger partial charge in [0.1, 0.15) is 11.5 Å². The summed E-state index contributed by atoms with van der Waals surface area (Å²) in [6, 6.07) is 13.7. The Morgan fingerprint density at radius 3 is 2.50 bits per heavy atom. The molecule has 106 valence electrons. The van der Waals surface area contributed by atoms with Crippen molar-refractivity contribution in [3.05, 3.63) is 48.0 Å². The maximum atomic E-state index is 5.88. The Kier molecular flexibility index (Phi) is 4.35. The summed E-state index contributed by atoms with van der Waals surface area (Å²) in [5.41, 5.74) is 8.72. The number of hydrogen-bond acceptors (Lipinski definition) is 4. The summed E-state index contributed by atoms with van der Waals surface area (Å²) in [5.74, 6) is 1.62. The van der Waals surface area contributed by atoms with Crippen LogP contribution in [0, 0.1) is 0 Å². The molecule has 0 saturated heterocycles. The lowest BCUT2D eigenvalue weighted by molar-refractivity contribution is 0.413. The fourth-order valence-corrected chi connectivity index (χ4v) is 2.20. The number of nitrogens with two attached hydrogens (primary N) is 1. The van der Waals surface area contributed by atoms with Gasteiger partial charge in [-0.15, -0.1) is 0 Å². The van der Waals surface area contributed by atoms with Crippen molar-refractivity contribution in [3.63, 3.8) is 0 Å². The SMILES string of the molecule is COc1cc(N)cc(CN(C)c2ccccc2OC)c1. The van der Waals surface area contributed by atoms with E-state index in [0.717, 1.165) is 29.3 Å². The molecule has 2 rings (SSSR count). The van der Waals surface area contributed by atoms with Crippen LogP contribution in [0.3, 0.4) is 0 Å². The normalized spacial score (nSPS) is 10.2. The summed E-state index contributed by atoms with van der Waals surface area (Å²) < 4.78 is 10.6. The number of rotatable bonds is 5. The highest BCUT2D eigenvalue weighted by Gasteiger charge is 2.09. The second kappa shape index (κ2) is 6.19. The van der Waals surface area contributed by atoms with Crippen molar-refractivity contribution in [2.45, 2.75) is 6.54 Å². The number of methoxy groups -OCH3 is 2. The van der Waals surface area contributed by atoms with Gasteiger partial charge < -0.3 is 20.1 Å². The first-order chi connectivity index (χ1) is 9.63. The number of hydrogen-bond donors (Lipinski definition) is 1. The van der Waals surface area contributed by atoms with Crippen LogP contribution in [-0.2, 0) is 6.54 Å². The molecule has 0 heterocycles. The van der Waals surface area contributed by atoms with E-state index in [1.165, 1.54) is 0 Å². The molecular formula is C16H20N2O2. The van der Waals surface area contributed by atoms with Crippen LogP contribution in [0.2, 0.25) is 0 Å². The molecule has 4 heteroatoms. The molecule has 0 aliphatic carbocycles. The van der Waals surface area contributed by atoms with Crippen LogP contribution in [0.15, 0.2) is 42.5 Å². The molecule has 0 bridgehead atoms. The second-order valence-corrected chi connectivity index (χ2v) is 4.64. The smallest absolute Gasteiger partial charge is 0.142 e. The zero-order valence-corrected chi connectivity index (χ0v) is 12.1. The first kappa shape index (κ1) is 14.1. The summed E-state index contributed by atoms with van der Waals surface area (Å²) in [4.78, 5) is 2.12. The molecule has 0 fully saturated rings. The van der Waals surface area contributed by atoms with Crippen molar-refractivity contribution < 1.29 is 9.47 Å². The monoisotopic (exact) mass is 272 g/mol. The highest BCUT2D eigenvalue weighted by atomic mass is 16.5. The summed E-state index contributed by atoms with van der Waals surface area (Å²) in [5, 5.41) is 0. The van der Waals surface area contributed by atoms with E-state index < -0.39 is 0 Å². The van der Waals surface area contributed by atoms with Crippen molar-refractivity contribution >= 4 is 11.4 Å². The zero-order valence-electron chi connectivity index (χ0n) is 12.1. The first-order valence-electron chi connectivity index (χ1n) is 6.41. The van der Waals surface area contributed by atoms with Gasteiger partial charge in [0.05, 0.1) is 19.9 Å². The number of nitrogens with zero attached hydrogens (tertiary/aromatic N) is 1. The third-order valence-corrected chi connectivity index (χ3v) is 3.14. The molecule has 0 unspecified atom stereocenters. The van der Waals surface area contributed by atoms with Gasteiger partial charge >= 0.3 is 0 Å². The molecule has 0 amide bonds. The molecule has 0 aromatic heterocycles. The zero-order chi connectivity index (χ0) is 14.5. The summed E-state index contributed by atoms with van der Waals surface area (Å²) >= 11 is 0. The largest absolute Gasteiger partial charge is 0.497 e. The van der Waals surface area contributed by atoms with Crippen molar-refractivity contribution in [2.24, 2.45) is 0 Å². The molecular weight excluding hydrogens is 252 g/mol. The maximum Gasteiger partial charge on any atom is 0.142 e. The van der Waals surface area contributed by atoms with E-state index in [-0.39, 0.29) is 0 Å². The minimum atomic E-state index is 0.702. The maximum absolute atomic E-state index is 5.88. The molecule has 2 N–H and O–H groups in total. The quantitative estimate of drug-likeness (QED) is 0.850. The summed E-state index contributed by atoms with van der Waals surface area (Å²) in [6.07, 6.45) is 0. The lowest BCUT2D eigenvalue weighted by atomic mass is 10.1. The number of benzene rings is 2. The van der Waals surface area contributed by atoms with Gasteiger partial charge in [-0.05, 0) is 29.8 Å². The van der Waals surface area contributed by atoms with Crippen molar-refractivity contribution in [1.29, 1.82) is 0 Å². The minimum Gasteiger partial charge on any atom is -0.497 e. The predicted octanol–water partition coefficient (Wildman–Crippen LogP) is 2.92. The van der Waals surface area contributed by atoms with Crippen LogP contribution >= 0.6 is 0 Å². The van der Waals surface area contributed by atoms with E-state index in [2.05, 4.69) is 4.90 Å². The average molecular weight is 272 g/mol. The topological polar surface area (TPSA) is 47.7 Å². The Morgan fingerprint density at radius 2 is 1.80 bits per heavy atom. The molecule has 0 saturated carbocycles. The fourth-order valence-electron chi connectivity index (χ4n) is 2.20. The third-order valence-electron chi connectivity index (χ3n) is 3.14. The fraction of sp³-hybridized carbons (Fsp3) is 0.250. The minimum absolute atomic E-state index is 0.702. The lowest BCUT2D eigenvalue weighted by Gasteiger charge is -2.22. The molecule has 4 nitrogen and oxygen atoms in total. The van der Waals surface area contributed by atoms with Gasteiger partial charge in [-0.25, -0.2) is 0 Å². The molecule has 0 radical (unpaired) electrons. The highest BCUT2D eigenvalue weighted by molar-refractivity contribution is 5.58. The number of para-hydroxylation sites is 2. The first-order valence-corrected chi connectivity index (χ1v) is 6.41. The highest BCUT2D eigenvalue weighted by Crippen LogP contribution is 2.28. The van der Waals surface area contributed by atoms with E-state index in [1.807, 2.05) is 49.5 Å². The van der Waals surface area contributed by atoms with Crippen molar-refractivity contribution in [3.8, 4) is 11.5 Å². The van der Waals surface area contributed by atoms with Crippen molar-refractivity contribution in [2.75, 3.05) is 31.9 Å². The molecule has 0 atom stereocenters. The van der Waals surface area contributed by atoms with Gasteiger partial charge in [0.2, 0.25) is 0 Å². The molecule has 0 aliphatic heterocycles. The Morgan fingerprint density at radius 1 is 1.05 bits per heavy atom. The molecule has 20 heavy (non-hydrogen) atoms. The molecule has 0 spiro atoms. The van der Waals surface area contributed by atoms with E-state index in [9.17, 15) is 0 Å². The number of anilines is 2. The molecule has 0 aliphatic rings. The Labute approximate surface area is 119 Å². The average Bonchev–Trinajstić information content (AvgIpc) is 2.46. The molecule has 2 aromatic rings. The number of ether oxygens (including phenoxy) is 2. The molecule has 2 aromatic carbocycles. The van der Waals surface area contributed by atoms with Crippen LogP contribution in [0.1, 0.15) is 5.56 Å². The van der Waals surface area contributed by atoms with Gasteiger partial charge in [-0.2, -0.15) is 0 Å². The predicted molar refractivity (Wildman–Crippen MR) is 82.5 cm³/mol. The second-order valence-electron chi connectivity index (χ2n) is 4.64. The third kappa shape index (κ3) is 3.15. The van der Waals surface area contributed by atoms with Crippen LogP contribution in [0.4, 0.5) is 11.4 Å². The van der Waals surface area contributed by atoms with Crippen LogP contribution < -0.4 is 20.1 Å². The van der Waals surface area contributed by atoms with E-state index >= 15 is 0 Å². The van der Waals surface area contributed by atoms with Crippen molar-refractivity contribution in [1.82, 2.24) is 0 Å². The van der Waals surface area contributed by atoms with E-state index in [1.54, 1.807) is 14.2 Å². The van der Waals surface area contributed by atoms with Gasteiger partial charge in [-0.3, -0.25) is 0 Å². The standard InChI is InChI=1S/C16H20N2O2/c1-18(15-6-4-5-7-16(15)20-3)11-12-8-13(17)10-14(9-12)19-2/h4-10H,11,17H2,1-3H3. The van der Waals surface area contributed by atoms with E-state index in [0.29, 0.717) is 5.69 Å². The Balaban J connectivity index is 2.23. The number of nitrogen functional groups attached to an aromatic ring is 1. The van der Waals surface area contributed by atoms with Gasteiger partial charge in [-0.1, -0.05) is 12.1 Å². The Bertz CT molecular complexity index is 584. The van der Waals surface area contributed by atoms with Gasteiger partial charge in [0, 0.05) is 25.3 Å². The van der Waals surface area contributed by atoms with E-state index in [4.69, 9.17) is 15.2 Å². The van der Waals surface area contributed by atoms with Crippen LogP contribution in [0.5, 0.6) is 11.5 Å². The van der Waals surface area contributed by atoms with Gasteiger partial charge in [0.25, 0.3) is 0 Å². The van der Waals surface area contributed by atoms with Crippen LogP contribution in [0.25, 0.3) is 0 Å². The summed E-state index contributed by atoms with van der Waals surface area (Å²) in [7, 11) is 5.34. The Hall–Kier alpha value is -2.36. The van der Waals surface area contributed by atoms with Gasteiger partial charge in [0.15, 0.2) is 0 Å².